The topological polar surface area (TPSA) is 90.3 Å². The van der Waals surface area contributed by atoms with Gasteiger partial charge in [0.2, 0.25) is 15.9 Å². The van der Waals surface area contributed by atoms with Crippen LogP contribution in [0.5, 0.6) is 0 Å². The van der Waals surface area contributed by atoms with E-state index in [1.165, 1.54) is 30.3 Å². The first kappa shape index (κ1) is 18.4. The Morgan fingerprint density at radius 1 is 1.24 bits per heavy atom. The van der Waals surface area contributed by atoms with Gasteiger partial charge in [0.1, 0.15) is 11.9 Å². The number of hydrogen-bond donors (Lipinski definition) is 1. The summed E-state index contributed by atoms with van der Waals surface area (Å²) in [5.74, 6) is -0.952. The van der Waals surface area contributed by atoms with E-state index in [0.717, 1.165) is 16.6 Å². The fraction of sp³-hybridized carbons (Fsp3) is 0.176. The van der Waals surface area contributed by atoms with Gasteiger partial charge in [-0.25, -0.2) is 12.8 Å². The number of sulfonamides is 1. The lowest BCUT2D eigenvalue weighted by Gasteiger charge is -2.23. The van der Waals surface area contributed by atoms with Gasteiger partial charge in [0.15, 0.2) is 0 Å². The van der Waals surface area contributed by atoms with Gasteiger partial charge in [0.25, 0.3) is 0 Å². The zero-order valence-electron chi connectivity index (χ0n) is 13.4. The zero-order chi connectivity index (χ0) is 18.4. The molecule has 0 unspecified atom stereocenters. The van der Waals surface area contributed by atoms with Crippen molar-refractivity contribution in [2.75, 3.05) is 22.4 Å². The standard InChI is InChI=1S/C17H16FN3O3S/c1-25(23,24)21(16-8-3-2-5-13(16)12-19)10-9-17(22)20-15-7-4-6-14(18)11-15/h2-8,11H,9-10H2,1H3,(H,20,22). The number of nitrogens with zero attached hydrogens (tertiary/aromatic N) is 2. The number of carbonyl (C=O) groups is 1. The number of rotatable bonds is 6. The number of para-hydroxylation sites is 1. The van der Waals surface area contributed by atoms with Crippen LogP contribution in [0.25, 0.3) is 0 Å². The van der Waals surface area contributed by atoms with Crippen molar-refractivity contribution in [1.29, 1.82) is 5.26 Å². The third-order valence-electron chi connectivity index (χ3n) is 3.34. The Labute approximate surface area is 145 Å². The Kier molecular flexibility index (Phi) is 5.72. The van der Waals surface area contributed by atoms with E-state index in [-0.39, 0.29) is 29.9 Å². The largest absolute Gasteiger partial charge is 0.326 e. The van der Waals surface area contributed by atoms with Crippen LogP contribution in [0.15, 0.2) is 48.5 Å². The highest BCUT2D eigenvalue weighted by molar-refractivity contribution is 7.92. The second-order valence-electron chi connectivity index (χ2n) is 5.27. The van der Waals surface area contributed by atoms with Gasteiger partial charge in [-0.3, -0.25) is 9.10 Å². The maximum absolute atomic E-state index is 13.1. The molecule has 25 heavy (non-hydrogen) atoms. The maximum Gasteiger partial charge on any atom is 0.232 e. The van der Waals surface area contributed by atoms with Gasteiger partial charge in [0.05, 0.1) is 17.5 Å². The average molecular weight is 361 g/mol. The van der Waals surface area contributed by atoms with Gasteiger partial charge in [0, 0.05) is 18.7 Å². The molecule has 1 N–H and O–H groups in total. The first-order valence-corrected chi connectivity index (χ1v) is 9.18. The molecule has 0 radical (unpaired) electrons. The van der Waals surface area contributed by atoms with Crippen molar-refractivity contribution in [3.05, 3.63) is 59.9 Å². The second kappa shape index (κ2) is 7.77. The molecule has 1 amide bonds. The third-order valence-corrected chi connectivity index (χ3v) is 4.52. The summed E-state index contributed by atoms with van der Waals surface area (Å²) in [5, 5.41) is 11.6. The molecular formula is C17H16FN3O3S. The number of amides is 1. The molecule has 0 saturated carbocycles. The van der Waals surface area contributed by atoms with Crippen LogP contribution in [-0.2, 0) is 14.8 Å². The summed E-state index contributed by atoms with van der Waals surface area (Å²) in [5.41, 5.74) is 0.692. The minimum Gasteiger partial charge on any atom is -0.326 e. The maximum atomic E-state index is 13.1. The van der Waals surface area contributed by atoms with Gasteiger partial charge in [-0.1, -0.05) is 18.2 Å². The molecule has 0 heterocycles. The molecule has 0 aliphatic carbocycles. The number of halogens is 1. The van der Waals surface area contributed by atoms with E-state index in [4.69, 9.17) is 5.26 Å². The number of anilines is 2. The Balaban J connectivity index is 2.14. The van der Waals surface area contributed by atoms with Crippen LogP contribution < -0.4 is 9.62 Å². The molecule has 0 aliphatic rings. The van der Waals surface area contributed by atoms with E-state index in [1.54, 1.807) is 12.1 Å². The van der Waals surface area contributed by atoms with Crippen molar-refractivity contribution in [3.8, 4) is 6.07 Å². The van der Waals surface area contributed by atoms with Crippen LogP contribution in [0, 0.1) is 17.1 Å². The molecule has 0 aliphatic heterocycles. The van der Waals surface area contributed by atoms with Crippen molar-refractivity contribution < 1.29 is 17.6 Å². The fourth-order valence-corrected chi connectivity index (χ4v) is 3.18. The monoisotopic (exact) mass is 361 g/mol. The van der Waals surface area contributed by atoms with Crippen LogP contribution in [0.4, 0.5) is 15.8 Å². The lowest BCUT2D eigenvalue weighted by Crippen LogP contribution is -2.33. The molecule has 2 aromatic carbocycles. The highest BCUT2D eigenvalue weighted by atomic mass is 32.2. The Morgan fingerprint density at radius 2 is 1.96 bits per heavy atom. The van der Waals surface area contributed by atoms with E-state index in [2.05, 4.69) is 5.32 Å². The molecule has 0 fully saturated rings. The highest BCUT2D eigenvalue weighted by Crippen LogP contribution is 2.22. The molecule has 0 bridgehead atoms. The zero-order valence-corrected chi connectivity index (χ0v) is 14.3. The van der Waals surface area contributed by atoms with Gasteiger partial charge in [-0.2, -0.15) is 5.26 Å². The SMILES string of the molecule is CS(=O)(=O)N(CCC(=O)Nc1cccc(F)c1)c1ccccc1C#N. The average Bonchev–Trinajstić information content (AvgIpc) is 2.54. The molecule has 2 rings (SSSR count). The van der Waals surface area contributed by atoms with Gasteiger partial charge in [-0.15, -0.1) is 0 Å². The van der Waals surface area contributed by atoms with Crippen LogP contribution in [0.2, 0.25) is 0 Å². The van der Waals surface area contributed by atoms with Crippen LogP contribution >= 0.6 is 0 Å². The number of carbonyl (C=O) groups excluding carboxylic acids is 1. The van der Waals surface area contributed by atoms with Crippen molar-refractivity contribution in [2.45, 2.75) is 6.42 Å². The van der Waals surface area contributed by atoms with Gasteiger partial charge >= 0.3 is 0 Å². The summed E-state index contributed by atoms with van der Waals surface area (Å²) in [7, 11) is -3.68. The lowest BCUT2D eigenvalue weighted by molar-refractivity contribution is -0.116. The molecular weight excluding hydrogens is 345 g/mol. The summed E-state index contributed by atoms with van der Waals surface area (Å²) in [6.07, 6.45) is 0.856. The molecule has 8 heteroatoms. The molecule has 6 nitrogen and oxygen atoms in total. The van der Waals surface area contributed by atoms with Crippen molar-refractivity contribution in [2.24, 2.45) is 0 Å². The number of nitrogens with one attached hydrogen (secondary N) is 1. The number of hydrogen-bond acceptors (Lipinski definition) is 4. The molecule has 0 spiro atoms. The third kappa shape index (κ3) is 5.02. The summed E-state index contributed by atoms with van der Waals surface area (Å²) < 4.78 is 38.2. The Bertz CT molecular complexity index is 923. The Hall–Kier alpha value is -2.92. The quantitative estimate of drug-likeness (QED) is 0.856. The number of benzene rings is 2. The fourth-order valence-electron chi connectivity index (χ4n) is 2.24. The Morgan fingerprint density at radius 3 is 2.60 bits per heavy atom. The molecule has 0 saturated heterocycles. The van der Waals surface area contributed by atoms with Gasteiger partial charge in [-0.05, 0) is 30.3 Å². The van der Waals surface area contributed by atoms with Crippen LogP contribution in [-0.4, -0.2) is 27.1 Å². The number of nitriles is 1. The first-order valence-electron chi connectivity index (χ1n) is 7.33. The molecule has 130 valence electrons. The van der Waals surface area contributed by atoms with Crippen LogP contribution in [0.3, 0.4) is 0 Å². The van der Waals surface area contributed by atoms with Gasteiger partial charge < -0.3 is 5.32 Å². The van der Waals surface area contributed by atoms with Crippen LogP contribution in [0.1, 0.15) is 12.0 Å². The molecule has 0 aromatic heterocycles. The van der Waals surface area contributed by atoms with Crippen molar-refractivity contribution >= 4 is 27.3 Å². The highest BCUT2D eigenvalue weighted by Gasteiger charge is 2.21. The second-order valence-corrected chi connectivity index (χ2v) is 7.18. The van der Waals surface area contributed by atoms with E-state index < -0.39 is 21.7 Å². The van der Waals surface area contributed by atoms with E-state index in [1.807, 2.05) is 6.07 Å². The first-order chi connectivity index (χ1) is 11.8. The van der Waals surface area contributed by atoms with E-state index >= 15 is 0 Å². The predicted octanol–water partition coefficient (Wildman–Crippen LogP) is 2.49. The summed E-state index contributed by atoms with van der Waals surface area (Å²) in [6.45, 7) is -0.140. The summed E-state index contributed by atoms with van der Waals surface area (Å²) >= 11 is 0. The minimum atomic E-state index is -3.68. The minimum absolute atomic E-state index is 0.140. The predicted molar refractivity (Wildman–Crippen MR) is 93.0 cm³/mol. The molecule has 0 atom stereocenters. The van der Waals surface area contributed by atoms with E-state index in [0.29, 0.717) is 0 Å². The lowest BCUT2D eigenvalue weighted by atomic mass is 10.2. The summed E-state index contributed by atoms with van der Waals surface area (Å²) in [6, 6.07) is 13.6. The smallest absolute Gasteiger partial charge is 0.232 e. The molecule has 2 aromatic rings. The normalized spacial score (nSPS) is 10.8. The van der Waals surface area contributed by atoms with Crippen molar-refractivity contribution in [3.63, 3.8) is 0 Å². The van der Waals surface area contributed by atoms with E-state index in [9.17, 15) is 17.6 Å². The van der Waals surface area contributed by atoms with Crippen molar-refractivity contribution in [1.82, 2.24) is 0 Å². The summed E-state index contributed by atoms with van der Waals surface area (Å²) in [4.78, 5) is 12.0.